The minimum atomic E-state index is -0.773. The number of halogens is 1. The number of pyridine rings is 1. The van der Waals surface area contributed by atoms with E-state index in [9.17, 15) is 14.0 Å². The zero-order chi connectivity index (χ0) is 23.1. The number of hydrogen-bond acceptors (Lipinski definition) is 5. The van der Waals surface area contributed by atoms with Crippen LogP contribution in [-0.4, -0.2) is 46.4 Å². The van der Waals surface area contributed by atoms with Gasteiger partial charge in [0.15, 0.2) is 0 Å². The number of carbonyl (C=O) groups is 2. The summed E-state index contributed by atoms with van der Waals surface area (Å²) in [5, 5.41) is 5.83. The number of aromatic nitrogens is 1. The summed E-state index contributed by atoms with van der Waals surface area (Å²) < 4.78 is 13.3. The zero-order valence-electron chi connectivity index (χ0n) is 18.7. The fraction of sp³-hybridized carbons (Fsp3) is 0.458. The molecule has 0 radical (unpaired) electrons. The van der Waals surface area contributed by atoms with E-state index in [0.717, 1.165) is 36.9 Å². The van der Waals surface area contributed by atoms with Gasteiger partial charge in [0.2, 0.25) is 11.8 Å². The van der Waals surface area contributed by atoms with Gasteiger partial charge in [-0.25, -0.2) is 9.37 Å². The van der Waals surface area contributed by atoms with E-state index in [-0.39, 0.29) is 42.7 Å². The minimum Gasteiger partial charge on any atom is -0.384 e. The van der Waals surface area contributed by atoms with Crippen molar-refractivity contribution in [1.29, 1.82) is 0 Å². The Hall–Kier alpha value is -3.00. The van der Waals surface area contributed by atoms with Crippen molar-refractivity contribution in [2.75, 3.05) is 12.3 Å². The maximum Gasteiger partial charge on any atom is 0.243 e. The van der Waals surface area contributed by atoms with Gasteiger partial charge in [-0.1, -0.05) is 24.6 Å². The van der Waals surface area contributed by atoms with Gasteiger partial charge in [0.1, 0.15) is 17.7 Å². The lowest BCUT2D eigenvalue weighted by Crippen LogP contribution is -2.56. The molecule has 0 unspecified atom stereocenters. The lowest BCUT2D eigenvalue weighted by atomic mass is 9.98. The van der Waals surface area contributed by atoms with Crippen molar-refractivity contribution in [3.8, 4) is 0 Å². The molecule has 7 nitrogen and oxygen atoms in total. The minimum absolute atomic E-state index is 0.144. The van der Waals surface area contributed by atoms with Crippen molar-refractivity contribution < 1.29 is 14.0 Å². The second-order valence-electron chi connectivity index (χ2n) is 8.54. The monoisotopic (exact) mass is 441 g/mol. The molecular formula is C24H32FN5O2. The molecule has 1 aromatic heterocycles. The van der Waals surface area contributed by atoms with E-state index in [4.69, 9.17) is 5.73 Å². The third-order valence-electron chi connectivity index (χ3n) is 5.81. The number of benzene rings is 1. The van der Waals surface area contributed by atoms with Crippen LogP contribution in [0.2, 0.25) is 0 Å². The van der Waals surface area contributed by atoms with Gasteiger partial charge in [0.25, 0.3) is 0 Å². The number of nitrogens with one attached hydrogen (secondary N) is 2. The Morgan fingerprint density at radius 2 is 1.88 bits per heavy atom. The molecule has 3 rings (SSSR count). The van der Waals surface area contributed by atoms with Gasteiger partial charge in [-0.3, -0.25) is 14.5 Å². The third-order valence-corrected chi connectivity index (χ3v) is 5.81. The molecule has 8 heteroatoms. The first-order valence-electron chi connectivity index (χ1n) is 11.1. The largest absolute Gasteiger partial charge is 0.384 e. The Bertz CT molecular complexity index is 902. The fourth-order valence-electron chi connectivity index (χ4n) is 4.04. The summed E-state index contributed by atoms with van der Waals surface area (Å²) in [6.45, 7) is 5.29. The van der Waals surface area contributed by atoms with Crippen LogP contribution < -0.4 is 16.4 Å². The molecule has 1 aliphatic rings. The number of amides is 2. The van der Waals surface area contributed by atoms with Crippen LogP contribution in [0.1, 0.15) is 44.2 Å². The van der Waals surface area contributed by atoms with Crippen molar-refractivity contribution >= 4 is 17.6 Å². The Kier molecular flexibility index (Phi) is 8.16. The van der Waals surface area contributed by atoms with Gasteiger partial charge in [-0.05, 0) is 62.6 Å². The Balaban J connectivity index is 1.71. The number of likely N-dealkylation sites (tertiary alicyclic amines) is 1. The number of anilines is 1. The predicted molar refractivity (Wildman–Crippen MR) is 122 cm³/mol. The highest BCUT2D eigenvalue weighted by atomic mass is 19.1. The van der Waals surface area contributed by atoms with Crippen LogP contribution in [0.5, 0.6) is 0 Å². The molecule has 32 heavy (non-hydrogen) atoms. The number of rotatable bonds is 8. The summed E-state index contributed by atoms with van der Waals surface area (Å²) >= 11 is 0. The van der Waals surface area contributed by atoms with E-state index in [1.165, 1.54) is 12.1 Å². The van der Waals surface area contributed by atoms with Crippen LogP contribution in [0.25, 0.3) is 0 Å². The summed E-state index contributed by atoms with van der Waals surface area (Å²) in [5.41, 5.74) is 7.18. The number of nitrogen functional groups attached to an aromatic ring is 1. The molecule has 1 aliphatic heterocycles. The molecule has 1 fully saturated rings. The van der Waals surface area contributed by atoms with E-state index >= 15 is 0 Å². The molecule has 2 aromatic rings. The van der Waals surface area contributed by atoms with Crippen LogP contribution in [0.4, 0.5) is 10.2 Å². The van der Waals surface area contributed by atoms with Gasteiger partial charge in [-0.2, -0.15) is 0 Å². The molecule has 0 saturated carbocycles. The van der Waals surface area contributed by atoms with Gasteiger partial charge in [0, 0.05) is 25.2 Å². The Morgan fingerprint density at radius 3 is 2.53 bits per heavy atom. The maximum atomic E-state index is 13.3. The lowest BCUT2D eigenvalue weighted by Gasteiger charge is -2.38. The summed E-state index contributed by atoms with van der Waals surface area (Å²) in [7, 11) is 0. The first-order chi connectivity index (χ1) is 15.3. The first-order valence-corrected chi connectivity index (χ1v) is 11.1. The molecule has 2 atom stereocenters. The molecule has 2 heterocycles. The summed E-state index contributed by atoms with van der Waals surface area (Å²) in [6, 6.07) is 8.65. The number of nitrogens with zero attached hydrogens (tertiary/aromatic N) is 2. The van der Waals surface area contributed by atoms with Crippen molar-refractivity contribution in [2.45, 2.75) is 64.2 Å². The SMILES string of the molecule is CC(C)N1CCCC[C@@H]1C(=O)N[C@@H](Cc1ccc(F)cc1)C(=O)NCc1ccc(N)nc1. The van der Waals surface area contributed by atoms with Crippen molar-refractivity contribution in [1.82, 2.24) is 20.5 Å². The van der Waals surface area contributed by atoms with Gasteiger partial charge >= 0.3 is 0 Å². The van der Waals surface area contributed by atoms with Crippen molar-refractivity contribution in [3.05, 3.63) is 59.5 Å². The number of carbonyl (C=O) groups excluding carboxylic acids is 2. The van der Waals surface area contributed by atoms with Gasteiger partial charge in [-0.15, -0.1) is 0 Å². The second-order valence-corrected chi connectivity index (χ2v) is 8.54. The van der Waals surface area contributed by atoms with E-state index < -0.39 is 6.04 Å². The van der Waals surface area contributed by atoms with Crippen LogP contribution in [0, 0.1) is 5.82 Å². The number of nitrogens with two attached hydrogens (primary N) is 1. The molecule has 1 aromatic carbocycles. The van der Waals surface area contributed by atoms with Gasteiger partial charge in [0.05, 0.1) is 6.04 Å². The van der Waals surface area contributed by atoms with Crippen LogP contribution in [0.15, 0.2) is 42.6 Å². The Morgan fingerprint density at radius 1 is 1.16 bits per heavy atom. The molecule has 4 N–H and O–H groups in total. The molecular weight excluding hydrogens is 409 g/mol. The summed E-state index contributed by atoms with van der Waals surface area (Å²) in [5.74, 6) is -0.380. The molecule has 0 spiro atoms. The second kappa shape index (κ2) is 11.0. The Labute approximate surface area is 188 Å². The molecule has 0 aliphatic carbocycles. The van der Waals surface area contributed by atoms with Gasteiger partial charge < -0.3 is 16.4 Å². The first kappa shape index (κ1) is 23.7. The topological polar surface area (TPSA) is 100 Å². The fourth-order valence-corrected chi connectivity index (χ4v) is 4.04. The van der Waals surface area contributed by atoms with Crippen LogP contribution >= 0.6 is 0 Å². The third kappa shape index (κ3) is 6.50. The van der Waals surface area contributed by atoms with Crippen LogP contribution in [0.3, 0.4) is 0 Å². The lowest BCUT2D eigenvalue weighted by molar-refractivity contribution is -0.133. The average molecular weight is 442 g/mol. The van der Waals surface area contributed by atoms with E-state index in [1.807, 2.05) is 0 Å². The standard InChI is InChI=1S/C24H32FN5O2/c1-16(2)30-12-4-3-5-21(30)24(32)29-20(13-17-6-9-19(25)10-7-17)23(31)28-15-18-8-11-22(26)27-14-18/h6-11,14,16,20-21H,3-5,12-13,15H2,1-2H3,(H2,26,27)(H,28,31)(H,29,32)/t20-,21+/m0/s1. The van der Waals surface area contributed by atoms with Crippen molar-refractivity contribution in [2.24, 2.45) is 0 Å². The molecule has 2 amide bonds. The molecule has 1 saturated heterocycles. The van der Waals surface area contributed by atoms with E-state index in [0.29, 0.717) is 5.82 Å². The quantitative estimate of drug-likeness (QED) is 0.584. The number of piperidine rings is 1. The highest BCUT2D eigenvalue weighted by Gasteiger charge is 2.32. The zero-order valence-corrected chi connectivity index (χ0v) is 18.7. The smallest absolute Gasteiger partial charge is 0.243 e. The maximum absolute atomic E-state index is 13.3. The molecule has 172 valence electrons. The highest BCUT2D eigenvalue weighted by Crippen LogP contribution is 2.20. The highest BCUT2D eigenvalue weighted by molar-refractivity contribution is 5.90. The van der Waals surface area contributed by atoms with E-state index in [2.05, 4.69) is 34.4 Å². The summed E-state index contributed by atoms with van der Waals surface area (Å²) in [4.78, 5) is 32.4. The van der Waals surface area contributed by atoms with Crippen molar-refractivity contribution in [3.63, 3.8) is 0 Å². The average Bonchev–Trinajstić information content (AvgIpc) is 2.79. The predicted octanol–water partition coefficient (Wildman–Crippen LogP) is 2.41. The summed E-state index contributed by atoms with van der Waals surface area (Å²) in [6.07, 6.45) is 4.70. The van der Waals surface area contributed by atoms with E-state index in [1.54, 1.807) is 30.5 Å². The van der Waals surface area contributed by atoms with Crippen LogP contribution in [-0.2, 0) is 22.6 Å². The normalized spacial score (nSPS) is 17.7. The molecule has 0 bridgehead atoms. The number of hydrogen-bond donors (Lipinski definition) is 3.